The van der Waals surface area contributed by atoms with E-state index in [2.05, 4.69) is 44.7 Å². The number of benzene rings is 1. The van der Waals surface area contributed by atoms with Gasteiger partial charge in [-0.3, -0.25) is 0 Å². The Bertz CT molecular complexity index is 383. The molecule has 0 N–H and O–H groups in total. The van der Waals surface area contributed by atoms with E-state index >= 15 is 0 Å². The van der Waals surface area contributed by atoms with E-state index in [-0.39, 0.29) is 0 Å². The summed E-state index contributed by atoms with van der Waals surface area (Å²) in [5, 5.41) is 2.55. The molecular formula is C12H14. The first-order valence-electron chi connectivity index (χ1n) is 4.14. The van der Waals surface area contributed by atoms with Gasteiger partial charge in [-0.05, 0) is 29.8 Å². The maximum atomic E-state index is 3.70. The highest BCUT2D eigenvalue weighted by molar-refractivity contribution is 5.41. The van der Waals surface area contributed by atoms with E-state index < -0.39 is 0 Å². The number of aryl methyl sites for hydroxylation is 1. The zero-order chi connectivity index (χ0) is 8.97. The Kier molecular flexibility index (Phi) is 2.87. The van der Waals surface area contributed by atoms with Gasteiger partial charge in [0, 0.05) is 0 Å². The topological polar surface area (TPSA) is 0 Å². The molecule has 1 aromatic rings. The zero-order valence-electron chi connectivity index (χ0n) is 7.67. The second-order valence-corrected chi connectivity index (χ2v) is 2.77. The van der Waals surface area contributed by atoms with Crippen LogP contribution >= 0.6 is 0 Å². The lowest BCUT2D eigenvalue weighted by Gasteiger charge is -1.94. The molecule has 0 radical (unpaired) electrons. The van der Waals surface area contributed by atoms with Crippen molar-refractivity contribution in [3.63, 3.8) is 0 Å². The fourth-order valence-electron chi connectivity index (χ4n) is 1.30. The summed E-state index contributed by atoms with van der Waals surface area (Å²) in [4.78, 5) is 0. The van der Waals surface area contributed by atoms with Crippen molar-refractivity contribution in [2.24, 2.45) is 0 Å². The molecule has 12 heavy (non-hydrogen) atoms. The molecule has 0 fully saturated rings. The minimum atomic E-state index is 1.27. The predicted octanol–water partition coefficient (Wildman–Crippen LogP) is 1.76. The molecule has 0 bridgehead atoms. The van der Waals surface area contributed by atoms with E-state index in [0.29, 0.717) is 0 Å². The number of rotatable bonds is 1. The molecule has 0 spiro atoms. The molecule has 62 valence electrons. The summed E-state index contributed by atoms with van der Waals surface area (Å²) in [5.41, 5.74) is 1.30. The molecule has 0 nitrogen and oxygen atoms in total. The summed E-state index contributed by atoms with van der Waals surface area (Å²) in [6, 6.07) is 6.30. The summed E-state index contributed by atoms with van der Waals surface area (Å²) < 4.78 is 0. The Morgan fingerprint density at radius 3 is 2.67 bits per heavy atom. The van der Waals surface area contributed by atoms with Gasteiger partial charge in [-0.25, -0.2) is 0 Å². The van der Waals surface area contributed by atoms with Gasteiger partial charge in [-0.15, -0.1) is 0 Å². The molecule has 1 aromatic carbocycles. The predicted molar refractivity (Wildman–Crippen MR) is 55.2 cm³/mol. The molecule has 0 heterocycles. The van der Waals surface area contributed by atoms with E-state index in [9.17, 15) is 0 Å². The lowest BCUT2D eigenvalue weighted by atomic mass is 10.1. The Labute approximate surface area is 73.6 Å². The van der Waals surface area contributed by atoms with Crippen molar-refractivity contribution in [1.29, 1.82) is 0 Å². The molecule has 0 saturated heterocycles. The molecule has 0 aliphatic heterocycles. The lowest BCUT2D eigenvalue weighted by molar-refractivity contribution is 1.37. The fraction of sp³-hybridized carbons (Fsp3) is 0.167. The van der Waals surface area contributed by atoms with E-state index in [4.69, 9.17) is 0 Å². The fourth-order valence-corrected chi connectivity index (χ4v) is 1.30. The summed E-state index contributed by atoms with van der Waals surface area (Å²) in [7, 11) is 0. The van der Waals surface area contributed by atoms with Gasteiger partial charge in [0.1, 0.15) is 0 Å². The molecule has 1 rings (SSSR count). The third-order valence-electron chi connectivity index (χ3n) is 1.95. The molecule has 0 saturated carbocycles. The Morgan fingerprint density at radius 1 is 1.33 bits per heavy atom. The van der Waals surface area contributed by atoms with Crippen LogP contribution in [0, 0.1) is 6.92 Å². The summed E-state index contributed by atoms with van der Waals surface area (Å²) in [5.74, 6) is 0. The van der Waals surface area contributed by atoms with Crippen molar-refractivity contribution < 1.29 is 0 Å². The first-order valence-corrected chi connectivity index (χ1v) is 4.14. The first-order chi connectivity index (χ1) is 5.79. The zero-order valence-corrected chi connectivity index (χ0v) is 7.67. The first kappa shape index (κ1) is 8.79. The molecule has 0 aromatic heterocycles. The second kappa shape index (κ2) is 3.91. The smallest absolute Gasteiger partial charge is 0.0158 e. The van der Waals surface area contributed by atoms with Gasteiger partial charge in [0.2, 0.25) is 0 Å². The van der Waals surface area contributed by atoms with Crippen LogP contribution < -0.4 is 10.4 Å². The van der Waals surface area contributed by atoms with Crippen molar-refractivity contribution in [3.8, 4) is 0 Å². The van der Waals surface area contributed by atoms with Crippen LogP contribution in [0.4, 0.5) is 0 Å². The van der Waals surface area contributed by atoms with Gasteiger partial charge in [-0.2, -0.15) is 0 Å². The maximum absolute atomic E-state index is 3.70. The standard InChI is InChI=1S/C12H14/c1-4-7-12-10(3)8-6-9-11(12)5-2/h4-9H,1H2,2-3H3/b11-5-,12-7-. The molecule has 0 atom stereocenters. The maximum Gasteiger partial charge on any atom is -0.0158 e. The van der Waals surface area contributed by atoms with Crippen molar-refractivity contribution in [2.45, 2.75) is 13.8 Å². The Hall–Kier alpha value is -1.30. The van der Waals surface area contributed by atoms with Gasteiger partial charge in [-0.1, -0.05) is 43.0 Å². The van der Waals surface area contributed by atoms with E-state index in [0.717, 1.165) is 0 Å². The second-order valence-electron chi connectivity index (χ2n) is 2.77. The SMILES string of the molecule is C=C/C=c1/c(C)ccc/c1=C/C. The average Bonchev–Trinajstić information content (AvgIpc) is 2.09. The van der Waals surface area contributed by atoms with Crippen LogP contribution in [-0.2, 0) is 0 Å². The largest absolute Gasteiger partial charge is 0.0990 e. The Morgan fingerprint density at radius 2 is 2.08 bits per heavy atom. The van der Waals surface area contributed by atoms with E-state index in [1.54, 1.807) is 0 Å². The van der Waals surface area contributed by atoms with Crippen molar-refractivity contribution in [1.82, 2.24) is 0 Å². The summed E-state index contributed by atoms with van der Waals surface area (Å²) in [6.07, 6.45) is 5.99. The van der Waals surface area contributed by atoms with Gasteiger partial charge in [0.05, 0.1) is 0 Å². The normalized spacial score (nSPS) is 13.5. The summed E-state index contributed by atoms with van der Waals surface area (Å²) in [6.45, 7) is 7.87. The van der Waals surface area contributed by atoms with Crippen molar-refractivity contribution >= 4 is 12.2 Å². The number of hydrogen-bond acceptors (Lipinski definition) is 0. The summed E-state index contributed by atoms with van der Waals surface area (Å²) >= 11 is 0. The third kappa shape index (κ3) is 1.65. The molecule has 0 heteroatoms. The minimum absolute atomic E-state index is 1.27. The highest BCUT2D eigenvalue weighted by Crippen LogP contribution is 1.83. The molecule has 0 amide bonds. The molecular weight excluding hydrogens is 144 g/mol. The molecule has 0 aliphatic carbocycles. The van der Waals surface area contributed by atoms with Crippen LogP contribution in [0.2, 0.25) is 0 Å². The number of allylic oxidation sites excluding steroid dienone is 1. The quantitative estimate of drug-likeness (QED) is 0.584. The number of hydrogen-bond donors (Lipinski definition) is 0. The lowest BCUT2D eigenvalue weighted by Crippen LogP contribution is -2.26. The van der Waals surface area contributed by atoms with Gasteiger partial charge >= 0.3 is 0 Å². The monoisotopic (exact) mass is 158 g/mol. The average molecular weight is 158 g/mol. The van der Waals surface area contributed by atoms with Crippen LogP contribution in [0.25, 0.3) is 12.2 Å². The Balaban J connectivity index is 3.63. The van der Waals surface area contributed by atoms with E-state index in [1.165, 1.54) is 16.0 Å². The van der Waals surface area contributed by atoms with E-state index in [1.807, 2.05) is 12.2 Å². The molecule has 0 unspecified atom stereocenters. The molecule has 0 aliphatic rings. The van der Waals surface area contributed by atoms with Gasteiger partial charge < -0.3 is 0 Å². The van der Waals surface area contributed by atoms with Gasteiger partial charge in [0.15, 0.2) is 0 Å². The highest BCUT2D eigenvalue weighted by atomic mass is 13.9. The van der Waals surface area contributed by atoms with Crippen LogP contribution in [0.1, 0.15) is 12.5 Å². The third-order valence-corrected chi connectivity index (χ3v) is 1.95. The van der Waals surface area contributed by atoms with Crippen LogP contribution in [0.15, 0.2) is 30.9 Å². The minimum Gasteiger partial charge on any atom is -0.0990 e. The van der Waals surface area contributed by atoms with Gasteiger partial charge in [0.25, 0.3) is 0 Å². The van der Waals surface area contributed by atoms with Crippen LogP contribution in [0.3, 0.4) is 0 Å². The highest BCUT2D eigenvalue weighted by Gasteiger charge is 1.86. The van der Waals surface area contributed by atoms with Crippen molar-refractivity contribution in [2.75, 3.05) is 0 Å². The van der Waals surface area contributed by atoms with Crippen LogP contribution in [-0.4, -0.2) is 0 Å². The van der Waals surface area contributed by atoms with Crippen molar-refractivity contribution in [3.05, 3.63) is 46.9 Å². The van der Waals surface area contributed by atoms with Crippen LogP contribution in [0.5, 0.6) is 0 Å².